The van der Waals surface area contributed by atoms with Crippen LogP contribution in [0.15, 0.2) is 78.9 Å². The van der Waals surface area contributed by atoms with Crippen molar-refractivity contribution < 1.29 is 18.0 Å². The molecule has 1 heterocycles. The van der Waals surface area contributed by atoms with E-state index in [1.807, 2.05) is 72.5 Å². The van der Waals surface area contributed by atoms with E-state index < -0.39 is 15.9 Å². The van der Waals surface area contributed by atoms with Gasteiger partial charge in [0.25, 0.3) is 5.91 Å². The van der Waals surface area contributed by atoms with Gasteiger partial charge >= 0.3 is 0 Å². The molecule has 2 N–H and O–H groups in total. The number of anilines is 1. The highest BCUT2D eigenvalue weighted by Gasteiger charge is 2.32. The van der Waals surface area contributed by atoms with Crippen molar-refractivity contribution in [3.05, 3.63) is 101 Å². The van der Waals surface area contributed by atoms with E-state index in [-0.39, 0.29) is 29.9 Å². The highest BCUT2D eigenvalue weighted by atomic mass is 32.2. The Balaban J connectivity index is 1.43. The van der Waals surface area contributed by atoms with Crippen LogP contribution in [0.3, 0.4) is 0 Å². The van der Waals surface area contributed by atoms with E-state index in [1.54, 1.807) is 18.2 Å². The van der Waals surface area contributed by atoms with Gasteiger partial charge in [-0.05, 0) is 42.3 Å². The number of carbonyl (C=O) groups is 2. The van der Waals surface area contributed by atoms with Gasteiger partial charge in [-0.15, -0.1) is 0 Å². The van der Waals surface area contributed by atoms with Crippen molar-refractivity contribution in [1.29, 1.82) is 0 Å². The van der Waals surface area contributed by atoms with Gasteiger partial charge in [0.15, 0.2) is 9.84 Å². The number of sulfone groups is 1. The molecule has 8 heteroatoms. The van der Waals surface area contributed by atoms with Gasteiger partial charge in [0.2, 0.25) is 5.91 Å². The molecule has 0 bridgehead atoms. The predicted molar refractivity (Wildman–Crippen MR) is 137 cm³/mol. The van der Waals surface area contributed by atoms with Gasteiger partial charge in [-0.25, -0.2) is 8.42 Å². The second-order valence-corrected chi connectivity index (χ2v) is 11.0. The molecule has 4 rings (SSSR count). The van der Waals surface area contributed by atoms with Crippen LogP contribution in [0.5, 0.6) is 0 Å². The van der Waals surface area contributed by atoms with E-state index in [0.717, 1.165) is 16.7 Å². The normalized spacial score (nSPS) is 16.3. The first-order valence-electron chi connectivity index (χ1n) is 11.5. The van der Waals surface area contributed by atoms with E-state index in [0.29, 0.717) is 24.3 Å². The van der Waals surface area contributed by atoms with Crippen LogP contribution in [0.4, 0.5) is 5.69 Å². The summed E-state index contributed by atoms with van der Waals surface area (Å²) < 4.78 is 23.8. The van der Waals surface area contributed by atoms with Crippen LogP contribution in [0.2, 0.25) is 0 Å². The van der Waals surface area contributed by atoms with Gasteiger partial charge < -0.3 is 10.6 Å². The summed E-state index contributed by atoms with van der Waals surface area (Å²) in [6.45, 7) is 2.88. The topological polar surface area (TPSA) is 95.6 Å². The Morgan fingerprint density at radius 3 is 2.29 bits per heavy atom. The molecule has 1 atom stereocenters. The molecule has 1 aliphatic heterocycles. The van der Waals surface area contributed by atoms with Crippen molar-refractivity contribution in [3.8, 4) is 0 Å². The van der Waals surface area contributed by atoms with E-state index >= 15 is 0 Å². The third-order valence-electron chi connectivity index (χ3n) is 6.07. The number of carbonyl (C=O) groups excluding carboxylic acids is 2. The number of nitrogens with one attached hydrogen (secondary N) is 2. The molecule has 1 unspecified atom stereocenters. The first-order valence-corrected chi connectivity index (χ1v) is 13.4. The summed E-state index contributed by atoms with van der Waals surface area (Å²) >= 11 is 0. The van der Waals surface area contributed by atoms with Crippen LogP contribution in [-0.2, 0) is 21.2 Å². The van der Waals surface area contributed by atoms with Crippen LogP contribution >= 0.6 is 0 Å². The highest BCUT2D eigenvalue weighted by molar-refractivity contribution is 7.91. The summed E-state index contributed by atoms with van der Waals surface area (Å²) in [4.78, 5) is 27.7. The van der Waals surface area contributed by atoms with Crippen LogP contribution in [0.1, 0.15) is 33.1 Å². The third kappa shape index (κ3) is 6.55. The van der Waals surface area contributed by atoms with Gasteiger partial charge in [-0.2, -0.15) is 0 Å². The molecule has 3 aromatic carbocycles. The van der Waals surface area contributed by atoms with Crippen molar-refractivity contribution in [3.63, 3.8) is 0 Å². The van der Waals surface area contributed by atoms with Crippen LogP contribution < -0.4 is 10.6 Å². The molecular formula is C27H29N3O4S. The minimum absolute atomic E-state index is 0.0480. The number of rotatable bonds is 7. The Morgan fingerprint density at radius 2 is 1.60 bits per heavy atom. The van der Waals surface area contributed by atoms with Gasteiger partial charge in [-0.3, -0.25) is 14.5 Å². The lowest BCUT2D eigenvalue weighted by Crippen LogP contribution is -2.47. The zero-order valence-electron chi connectivity index (χ0n) is 19.6. The summed E-state index contributed by atoms with van der Waals surface area (Å²) in [6, 6.07) is 23.5. The maximum absolute atomic E-state index is 13.3. The summed E-state index contributed by atoms with van der Waals surface area (Å²) in [5.41, 5.74) is 3.96. The summed E-state index contributed by atoms with van der Waals surface area (Å²) in [5.74, 6) is -0.293. The van der Waals surface area contributed by atoms with Gasteiger partial charge in [-0.1, -0.05) is 60.2 Å². The van der Waals surface area contributed by atoms with Gasteiger partial charge in [0.1, 0.15) is 6.04 Å². The molecule has 0 radical (unpaired) electrons. The zero-order valence-corrected chi connectivity index (χ0v) is 20.4. The molecule has 0 aliphatic carbocycles. The minimum atomic E-state index is -3.06. The molecule has 2 amide bonds. The van der Waals surface area contributed by atoms with E-state index in [9.17, 15) is 18.0 Å². The number of hydrogen-bond donors (Lipinski definition) is 2. The summed E-state index contributed by atoms with van der Waals surface area (Å²) in [5, 5.41) is 5.89. The number of hydrogen-bond acceptors (Lipinski definition) is 5. The predicted octanol–water partition coefficient (Wildman–Crippen LogP) is 3.34. The number of amides is 2. The Labute approximate surface area is 206 Å². The van der Waals surface area contributed by atoms with Gasteiger partial charge in [0.05, 0.1) is 11.5 Å². The zero-order chi connectivity index (χ0) is 24.8. The molecule has 3 aromatic rings. The SMILES string of the molecule is Cc1ccc(C(=O)Nc2cccc(CNC(=O)C(c3ccccc3)N3CCS(=O)(=O)CC3)c2)cc1. The standard InChI is InChI=1S/C27H29N3O4S/c1-20-10-12-23(13-11-20)26(31)29-24-9-5-6-21(18-24)19-28-27(32)25(22-7-3-2-4-8-22)30-14-16-35(33,34)17-15-30/h2-13,18,25H,14-17,19H2,1H3,(H,28,32)(H,29,31). The van der Waals surface area contributed by atoms with Crippen LogP contribution in [-0.4, -0.2) is 49.7 Å². The molecule has 0 saturated carbocycles. The summed E-state index contributed by atoms with van der Waals surface area (Å²) in [7, 11) is -3.06. The van der Waals surface area contributed by atoms with Crippen molar-refractivity contribution in [2.24, 2.45) is 0 Å². The molecule has 7 nitrogen and oxygen atoms in total. The molecule has 35 heavy (non-hydrogen) atoms. The Morgan fingerprint density at radius 1 is 0.914 bits per heavy atom. The van der Waals surface area contributed by atoms with Crippen LogP contribution in [0, 0.1) is 6.92 Å². The average molecular weight is 492 g/mol. The monoisotopic (exact) mass is 491 g/mol. The second-order valence-electron chi connectivity index (χ2n) is 8.74. The molecule has 0 spiro atoms. The largest absolute Gasteiger partial charge is 0.350 e. The summed E-state index contributed by atoms with van der Waals surface area (Å²) in [6.07, 6.45) is 0. The maximum Gasteiger partial charge on any atom is 0.255 e. The third-order valence-corrected chi connectivity index (χ3v) is 7.68. The lowest BCUT2D eigenvalue weighted by atomic mass is 10.0. The van der Waals surface area contributed by atoms with Crippen molar-refractivity contribution in [2.75, 3.05) is 29.9 Å². The maximum atomic E-state index is 13.3. The lowest BCUT2D eigenvalue weighted by Gasteiger charge is -2.33. The fourth-order valence-electron chi connectivity index (χ4n) is 4.10. The fraction of sp³-hybridized carbons (Fsp3) is 0.259. The molecular weight excluding hydrogens is 462 g/mol. The number of benzene rings is 3. The van der Waals surface area contributed by atoms with Crippen molar-refractivity contribution >= 4 is 27.3 Å². The molecule has 1 saturated heterocycles. The second kappa shape index (κ2) is 10.8. The van der Waals surface area contributed by atoms with Crippen molar-refractivity contribution in [2.45, 2.75) is 19.5 Å². The Hall–Kier alpha value is -3.49. The van der Waals surface area contributed by atoms with Crippen LogP contribution in [0.25, 0.3) is 0 Å². The van der Waals surface area contributed by atoms with E-state index in [4.69, 9.17) is 0 Å². The van der Waals surface area contributed by atoms with E-state index in [2.05, 4.69) is 10.6 Å². The molecule has 0 aromatic heterocycles. The minimum Gasteiger partial charge on any atom is -0.350 e. The fourth-order valence-corrected chi connectivity index (χ4v) is 5.33. The highest BCUT2D eigenvalue weighted by Crippen LogP contribution is 2.23. The Bertz CT molecular complexity index is 1280. The quantitative estimate of drug-likeness (QED) is 0.529. The average Bonchev–Trinajstić information content (AvgIpc) is 2.85. The van der Waals surface area contributed by atoms with E-state index in [1.165, 1.54) is 0 Å². The number of nitrogens with zero attached hydrogens (tertiary/aromatic N) is 1. The Kier molecular flexibility index (Phi) is 7.63. The lowest BCUT2D eigenvalue weighted by molar-refractivity contribution is -0.126. The smallest absolute Gasteiger partial charge is 0.255 e. The molecule has 1 aliphatic rings. The first kappa shape index (κ1) is 24.6. The molecule has 1 fully saturated rings. The first-order chi connectivity index (χ1) is 16.8. The van der Waals surface area contributed by atoms with Crippen molar-refractivity contribution in [1.82, 2.24) is 10.2 Å². The van der Waals surface area contributed by atoms with Gasteiger partial charge in [0, 0.05) is 30.9 Å². The molecule has 182 valence electrons. The number of aryl methyl sites for hydroxylation is 1.